The molecule has 150 valence electrons. The molecule has 2 aromatic rings. The molecule has 0 unspecified atom stereocenters. The molecular weight excluding hydrogens is 390 g/mol. The third kappa shape index (κ3) is 3.24. The monoisotopic (exact) mass is 405 g/mol. The van der Waals surface area contributed by atoms with Gasteiger partial charge >= 0.3 is 11.9 Å². The number of esters is 2. The number of cyclic esters (lactones) is 1. The van der Waals surface area contributed by atoms with Gasteiger partial charge in [0.05, 0.1) is 23.8 Å². The molecule has 0 aliphatic carbocycles. The summed E-state index contributed by atoms with van der Waals surface area (Å²) in [6.45, 7) is 0. The van der Waals surface area contributed by atoms with Crippen molar-refractivity contribution in [2.75, 3.05) is 7.11 Å². The van der Waals surface area contributed by atoms with E-state index in [1.165, 1.54) is 18.2 Å². The molecule has 0 radical (unpaired) electrons. The molecule has 2 aliphatic heterocycles. The van der Waals surface area contributed by atoms with Crippen molar-refractivity contribution in [3.05, 3.63) is 89.3 Å². The van der Waals surface area contributed by atoms with Gasteiger partial charge in [-0.2, -0.15) is 0 Å². The molecule has 0 N–H and O–H groups in total. The van der Waals surface area contributed by atoms with Crippen molar-refractivity contribution in [3.8, 4) is 0 Å². The topological polar surface area (TPSA) is 99.2 Å². The van der Waals surface area contributed by atoms with Crippen LogP contribution in [0, 0.1) is 0 Å². The Balaban J connectivity index is 1.61. The average Bonchev–Trinajstić information content (AvgIpc) is 3.27. The smallest absolute Gasteiger partial charge is 0.358 e. The van der Waals surface area contributed by atoms with Crippen molar-refractivity contribution in [1.29, 1.82) is 0 Å². The maximum Gasteiger partial charge on any atom is 0.358 e. The number of methoxy groups -OCH3 is 1. The Labute approximate surface area is 170 Å². The highest BCUT2D eigenvalue weighted by atomic mass is 16.7. The molecule has 2 heterocycles. The number of carbonyl (C=O) groups excluding carboxylic acids is 4. The number of fused-ring (bicyclic) bond motifs is 1. The van der Waals surface area contributed by atoms with E-state index in [-0.39, 0.29) is 11.1 Å². The van der Waals surface area contributed by atoms with Crippen LogP contribution in [0.15, 0.2) is 72.6 Å². The van der Waals surface area contributed by atoms with E-state index in [2.05, 4.69) is 0 Å². The van der Waals surface area contributed by atoms with Crippen LogP contribution in [0.25, 0.3) is 5.57 Å². The van der Waals surface area contributed by atoms with Gasteiger partial charge in [0.1, 0.15) is 6.26 Å². The van der Waals surface area contributed by atoms with Gasteiger partial charge in [0.15, 0.2) is 5.70 Å². The molecule has 1 atom stereocenters. The van der Waals surface area contributed by atoms with Crippen molar-refractivity contribution in [2.24, 2.45) is 0 Å². The lowest BCUT2D eigenvalue weighted by atomic mass is 10.1. The minimum Gasteiger partial charge on any atom is -0.464 e. The van der Waals surface area contributed by atoms with Crippen molar-refractivity contribution < 1.29 is 33.4 Å². The van der Waals surface area contributed by atoms with E-state index < -0.39 is 35.7 Å². The Hall–Kier alpha value is -4.20. The Morgan fingerprint density at radius 1 is 0.967 bits per heavy atom. The first-order chi connectivity index (χ1) is 14.5. The number of hydrogen-bond acceptors (Lipinski definition) is 7. The lowest BCUT2D eigenvalue weighted by Gasteiger charge is -2.16. The SMILES string of the molecule is COC(=O)/C(=C/O[C@H]1C=C(c2ccccc2)C(=O)O1)N1C(=O)c2ccccc2C1=O. The van der Waals surface area contributed by atoms with Crippen molar-refractivity contribution in [2.45, 2.75) is 6.29 Å². The molecular formula is C22H15NO7. The highest BCUT2D eigenvalue weighted by molar-refractivity contribution is 6.24. The zero-order valence-electron chi connectivity index (χ0n) is 15.7. The Kier molecular flexibility index (Phi) is 4.89. The minimum absolute atomic E-state index is 0.163. The quantitative estimate of drug-likeness (QED) is 0.326. The molecule has 8 heteroatoms. The largest absolute Gasteiger partial charge is 0.464 e. The normalized spacial score (nSPS) is 18.1. The van der Waals surface area contributed by atoms with Gasteiger partial charge in [-0.1, -0.05) is 42.5 Å². The Morgan fingerprint density at radius 3 is 2.17 bits per heavy atom. The third-order valence-corrected chi connectivity index (χ3v) is 4.57. The van der Waals surface area contributed by atoms with Gasteiger partial charge in [-0.15, -0.1) is 0 Å². The lowest BCUT2D eigenvalue weighted by molar-refractivity contribution is -0.150. The van der Waals surface area contributed by atoms with Crippen LogP contribution in [0.3, 0.4) is 0 Å². The summed E-state index contributed by atoms with van der Waals surface area (Å²) in [6, 6.07) is 15.0. The number of nitrogens with zero attached hydrogens (tertiary/aromatic N) is 1. The summed E-state index contributed by atoms with van der Waals surface area (Å²) in [6.07, 6.45) is 1.18. The maximum atomic E-state index is 12.7. The fourth-order valence-electron chi connectivity index (χ4n) is 3.14. The van der Waals surface area contributed by atoms with Gasteiger partial charge in [0.2, 0.25) is 0 Å². The van der Waals surface area contributed by atoms with Gasteiger partial charge < -0.3 is 14.2 Å². The molecule has 2 amide bonds. The predicted octanol–water partition coefficient (Wildman–Crippen LogP) is 2.28. The second-order valence-electron chi connectivity index (χ2n) is 6.34. The van der Waals surface area contributed by atoms with Crippen LogP contribution >= 0.6 is 0 Å². The molecule has 0 aromatic heterocycles. The van der Waals surface area contributed by atoms with E-state index >= 15 is 0 Å². The molecule has 0 saturated heterocycles. The van der Waals surface area contributed by atoms with Crippen LogP contribution in [0.4, 0.5) is 0 Å². The van der Waals surface area contributed by atoms with E-state index in [4.69, 9.17) is 14.2 Å². The van der Waals surface area contributed by atoms with E-state index in [9.17, 15) is 19.2 Å². The number of amides is 2. The van der Waals surface area contributed by atoms with Crippen LogP contribution in [0.2, 0.25) is 0 Å². The first-order valence-electron chi connectivity index (χ1n) is 8.91. The summed E-state index contributed by atoms with van der Waals surface area (Å²) in [7, 11) is 1.11. The van der Waals surface area contributed by atoms with E-state index in [1.54, 1.807) is 36.4 Å². The summed E-state index contributed by atoms with van der Waals surface area (Å²) in [4.78, 5) is 50.4. The molecule has 0 fully saturated rings. The third-order valence-electron chi connectivity index (χ3n) is 4.57. The minimum atomic E-state index is -1.14. The van der Waals surface area contributed by atoms with Crippen LogP contribution in [-0.4, -0.2) is 42.1 Å². The Morgan fingerprint density at radius 2 is 1.57 bits per heavy atom. The van der Waals surface area contributed by atoms with Crippen molar-refractivity contribution >= 4 is 29.3 Å². The standard InChI is InChI=1S/C22H15NO7/c1-28-22(27)17(23-19(24)14-9-5-6-10-15(14)20(23)25)12-29-18-11-16(21(26)30-18)13-7-3-2-4-8-13/h2-12,18H,1H3/b17-12-/t18-/m1/s1. The number of imide groups is 1. The van der Waals surface area contributed by atoms with Gasteiger partial charge in [-0.25, -0.2) is 14.5 Å². The second kappa shape index (κ2) is 7.67. The summed E-state index contributed by atoms with van der Waals surface area (Å²) in [5, 5.41) is 0. The average molecular weight is 405 g/mol. The zero-order chi connectivity index (χ0) is 21.3. The molecule has 4 rings (SSSR count). The Bertz CT molecular complexity index is 1080. The summed E-state index contributed by atoms with van der Waals surface area (Å²) >= 11 is 0. The molecule has 0 saturated carbocycles. The first-order valence-corrected chi connectivity index (χ1v) is 8.91. The number of benzene rings is 2. The van der Waals surface area contributed by atoms with Crippen LogP contribution in [-0.2, 0) is 23.8 Å². The van der Waals surface area contributed by atoms with Crippen LogP contribution in [0.5, 0.6) is 0 Å². The van der Waals surface area contributed by atoms with Crippen molar-refractivity contribution in [1.82, 2.24) is 4.90 Å². The second-order valence-corrected chi connectivity index (χ2v) is 6.34. The van der Waals surface area contributed by atoms with E-state index in [0.29, 0.717) is 16.0 Å². The number of rotatable bonds is 5. The fraction of sp³-hybridized carbons (Fsp3) is 0.0909. The van der Waals surface area contributed by atoms with Crippen LogP contribution in [0.1, 0.15) is 26.3 Å². The van der Waals surface area contributed by atoms with Gasteiger partial charge in [-0.05, 0) is 17.7 Å². The molecule has 30 heavy (non-hydrogen) atoms. The predicted molar refractivity (Wildman–Crippen MR) is 102 cm³/mol. The van der Waals surface area contributed by atoms with E-state index in [1.807, 2.05) is 6.07 Å². The summed E-state index contributed by atoms with van der Waals surface area (Å²) in [5.41, 5.74) is 0.841. The maximum absolute atomic E-state index is 12.7. The summed E-state index contributed by atoms with van der Waals surface area (Å²) in [5.74, 6) is -2.92. The van der Waals surface area contributed by atoms with Gasteiger partial charge in [0.25, 0.3) is 18.1 Å². The number of ether oxygens (including phenoxy) is 3. The highest BCUT2D eigenvalue weighted by Crippen LogP contribution is 2.28. The van der Waals surface area contributed by atoms with Crippen molar-refractivity contribution in [3.63, 3.8) is 0 Å². The molecule has 0 spiro atoms. The molecule has 0 bridgehead atoms. The number of carbonyl (C=O) groups is 4. The number of hydrogen-bond donors (Lipinski definition) is 0. The fourth-order valence-corrected chi connectivity index (χ4v) is 3.14. The molecule has 8 nitrogen and oxygen atoms in total. The van der Waals surface area contributed by atoms with Crippen LogP contribution < -0.4 is 0 Å². The highest BCUT2D eigenvalue weighted by Gasteiger charge is 2.41. The first kappa shape index (κ1) is 19.1. The van der Waals surface area contributed by atoms with Gasteiger partial charge in [-0.3, -0.25) is 9.59 Å². The molecule has 2 aliphatic rings. The lowest BCUT2D eigenvalue weighted by Crippen LogP contribution is -2.34. The molecule has 2 aromatic carbocycles. The zero-order valence-corrected chi connectivity index (χ0v) is 15.7. The van der Waals surface area contributed by atoms with E-state index in [0.717, 1.165) is 13.4 Å². The van der Waals surface area contributed by atoms with Gasteiger partial charge in [0, 0.05) is 6.08 Å². The summed E-state index contributed by atoms with van der Waals surface area (Å²) < 4.78 is 15.2.